The second-order valence-corrected chi connectivity index (χ2v) is 3.89. The van der Waals surface area contributed by atoms with Crippen molar-refractivity contribution in [3.63, 3.8) is 0 Å². The summed E-state index contributed by atoms with van der Waals surface area (Å²) in [6.07, 6.45) is 1.01. The van der Waals surface area contributed by atoms with Gasteiger partial charge in [-0.2, -0.15) is 0 Å². The zero-order valence-corrected chi connectivity index (χ0v) is 7.21. The van der Waals surface area contributed by atoms with Crippen LogP contribution in [0.25, 0.3) is 0 Å². The van der Waals surface area contributed by atoms with E-state index in [1.165, 1.54) is 0 Å². The van der Waals surface area contributed by atoms with Crippen molar-refractivity contribution in [1.82, 2.24) is 5.32 Å². The molecule has 0 saturated heterocycles. The Morgan fingerprint density at radius 3 is 2.78 bits per heavy atom. The average molecular weight is 149 g/mol. The Kier molecular flexibility index (Phi) is 6.29. The maximum Gasteiger partial charge on any atom is 0.318 e. The normalized spacial score (nSPS) is 13.7. The van der Waals surface area contributed by atoms with Gasteiger partial charge < -0.3 is 14.5 Å². The highest BCUT2D eigenvalue weighted by atomic mass is 28.3. The number of rotatable bonds is 5. The minimum absolute atomic E-state index is 0.845. The second kappa shape index (κ2) is 6.22. The summed E-state index contributed by atoms with van der Waals surface area (Å²) in [6, 6.07) is 0.845. The Labute approximate surface area is 57.9 Å². The van der Waals surface area contributed by atoms with E-state index in [1.807, 2.05) is 7.05 Å². The van der Waals surface area contributed by atoms with Crippen molar-refractivity contribution in [3.8, 4) is 0 Å². The molecule has 4 heteroatoms. The third-order valence-electron chi connectivity index (χ3n) is 1.15. The molecular weight excluding hydrogens is 134 g/mol. The van der Waals surface area contributed by atoms with E-state index < -0.39 is 9.28 Å². The molecule has 2 N–H and O–H groups in total. The van der Waals surface area contributed by atoms with E-state index in [-0.39, 0.29) is 0 Å². The molecule has 0 amide bonds. The van der Waals surface area contributed by atoms with Crippen LogP contribution in [0.4, 0.5) is 0 Å². The Hall–Kier alpha value is 0.0969. The van der Waals surface area contributed by atoms with E-state index in [0.29, 0.717) is 0 Å². The van der Waals surface area contributed by atoms with Crippen molar-refractivity contribution in [2.45, 2.75) is 12.5 Å². The molecule has 1 atom stereocenters. The molecule has 0 radical (unpaired) electrons. The Morgan fingerprint density at radius 1 is 1.67 bits per heavy atom. The molecule has 1 unspecified atom stereocenters. The van der Waals surface area contributed by atoms with Gasteiger partial charge in [0, 0.05) is 7.11 Å². The molecule has 0 aromatic rings. The summed E-state index contributed by atoms with van der Waals surface area (Å²) in [5, 5.41) is 3.00. The predicted octanol–water partition coefficient (Wildman–Crippen LogP) is -0.545. The highest BCUT2D eigenvalue weighted by Gasteiger charge is 2.02. The van der Waals surface area contributed by atoms with Gasteiger partial charge in [0.1, 0.15) is 0 Å². The summed E-state index contributed by atoms with van der Waals surface area (Å²) in [7, 11) is 1.72. The molecule has 56 valence electrons. The first-order valence-corrected chi connectivity index (χ1v) is 4.97. The van der Waals surface area contributed by atoms with Gasteiger partial charge in [-0.15, -0.1) is 0 Å². The fourth-order valence-corrected chi connectivity index (χ4v) is 1.36. The highest BCUT2D eigenvalue weighted by Crippen LogP contribution is 1.92. The van der Waals surface area contributed by atoms with Gasteiger partial charge in [0.15, 0.2) is 0 Å². The molecule has 0 spiro atoms. The Bertz CT molecular complexity index is 62.9. The van der Waals surface area contributed by atoms with Gasteiger partial charge in [-0.25, -0.2) is 0 Å². The average Bonchev–Trinajstić information content (AvgIpc) is 1.89. The van der Waals surface area contributed by atoms with Gasteiger partial charge in [-0.3, -0.25) is 0 Å². The number of hydrogen-bond donors (Lipinski definition) is 2. The minimum Gasteiger partial charge on any atom is -0.413 e. The first-order valence-electron chi connectivity index (χ1n) is 3.16. The van der Waals surface area contributed by atoms with E-state index in [0.717, 1.165) is 19.0 Å². The van der Waals surface area contributed by atoms with Gasteiger partial charge in [-0.05, 0) is 26.1 Å². The third-order valence-corrected chi connectivity index (χ3v) is 2.60. The lowest BCUT2D eigenvalue weighted by Gasteiger charge is -2.03. The Balaban J connectivity index is 2.88. The molecule has 3 nitrogen and oxygen atoms in total. The molecule has 0 heterocycles. The van der Waals surface area contributed by atoms with Crippen LogP contribution < -0.4 is 5.32 Å². The van der Waals surface area contributed by atoms with Crippen molar-refractivity contribution in [3.05, 3.63) is 0 Å². The van der Waals surface area contributed by atoms with Crippen LogP contribution in [0.3, 0.4) is 0 Å². The van der Waals surface area contributed by atoms with Crippen molar-refractivity contribution >= 4 is 9.28 Å². The summed E-state index contributed by atoms with van der Waals surface area (Å²) in [6.45, 7) is 0.966. The molecule has 0 aromatic carbocycles. The highest BCUT2D eigenvalue weighted by molar-refractivity contribution is 6.42. The molecule has 0 aromatic heterocycles. The lowest BCUT2D eigenvalue weighted by Crippen LogP contribution is -2.17. The molecule has 0 bridgehead atoms. The van der Waals surface area contributed by atoms with Crippen LogP contribution >= 0.6 is 0 Å². The summed E-state index contributed by atoms with van der Waals surface area (Å²) in [5.74, 6) is 0. The fraction of sp³-hybridized carbons (Fsp3) is 1.00. The number of nitrogens with one attached hydrogen (secondary N) is 1. The van der Waals surface area contributed by atoms with Crippen LogP contribution in [0, 0.1) is 0 Å². The lowest BCUT2D eigenvalue weighted by atomic mass is 10.5. The van der Waals surface area contributed by atoms with E-state index in [1.54, 1.807) is 7.11 Å². The maximum absolute atomic E-state index is 8.97. The SMILES string of the molecule is CNCCC[SiH](O)OC. The molecule has 0 fully saturated rings. The summed E-state index contributed by atoms with van der Waals surface area (Å²) < 4.78 is 4.76. The molecule has 0 saturated carbocycles. The zero-order valence-electron chi connectivity index (χ0n) is 6.05. The van der Waals surface area contributed by atoms with Crippen LogP contribution in [0.1, 0.15) is 6.42 Å². The monoisotopic (exact) mass is 149 g/mol. The van der Waals surface area contributed by atoms with Gasteiger partial charge in [0.05, 0.1) is 0 Å². The third kappa shape index (κ3) is 5.98. The van der Waals surface area contributed by atoms with Gasteiger partial charge in [-0.1, -0.05) is 0 Å². The van der Waals surface area contributed by atoms with E-state index in [4.69, 9.17) is 9.22 Å². The van der Waals surface area contributed by atoms with E-state index in [9.17, 15) is 0 Å². The molecular formula is C5H15NO2Si. The molecule has 0 aliphatic heterocycles. The van der Waals surface area contributed by atoms with Crippen LogP contribution in [-0.4, -0.2) is 34.8 Å². The standard InChI is InChI=1S/C5H15NO2Si/c1-6-4-3-5-9(7)8-2/h6-7,9H,3-5H2,1-2H3. The summed E-state index contributed by atoms with van der Waals surface area (Å²) in [5.41, 5.74) is 0. The maximum atomic E-state index is 8.97. The van der Waals surface area contributed by atoms with E-state index >= 15 is 0 Å². The van der Waals surface area contributed by atoms with Gasteiger partial charge in [0.25, 0.3) is 0 Å². The topological polar surface area (TPSA) is 41.5 Å². The van der Waals surface area contributed by atoms with Crippen molar-refractivity contribution < 1.29 is 9.22 Å². The quantitative estimate of drug-likeness (QED) is 0.407. The van der Waals surface area contributed by atoms with Crippen LogP contribution in [0.2, 0.25) is 6.04 Å². The lowest BCUT2D eigenvalue weighted by molar-refractivity contribution is 0.324. The minimum atomic E-state index is -1.75. The summed E-state index contributed by atoms with van der Waals surface area (Å²) >= 11 is 0. The van der Waals surface area contributed by atoms with Gasteiger partial charge in [0.2, 0.25) is 0 Å². The largest absolute Gasteiger partial charge is 0.413 e. The van der Waals surface area contributed by atoms with Crippen LogP contribution in [0.5, 0.6) is 0 Å². The number of hydrogen-bond acceptors (Lipinski definition) is 3. The van der Waals surface area contributed by atoms with Crippen molar-refractivity contribution in [1.29, 1.82) is 0 Å². The predicted molar refractivity (Wildman–Crippen MR) is 39.7 cm³/mol. The van der Waals surface area contributed by atoms with Crippen molar-refractivity contribution in [2.24, 2.45) is 0 Å². The summed E-state index contributed by atoms with van der Waals surface area (Å²) in [4.78, 5) is 8.97. The van der Waals surface area contributed by atoms with Crippen LogP contribution in [0.15, 0.2) is 0 Å². The molecule has 0 aliphatic carbocycles. The van der Waals surface area contributed by atoms with E-state index in [2.05, 4.69) is 5.32 Å². The van der Waals surface area contributed by atoms with Crippen LogP contribution in [-0.2, 0) is 4.43 Å². The Morgan fingerprint density at radius 2 is 2.33 bits per heavy atom. The first-order chi connectivity index (χ1) is 4.31. The molecule has 0 aliphatic rings. The second-order valence-electron chi connectivity index (χ2n) is 1.94. The molecule has 9 heavy (non-hydrogen) atoms. The smallest absolute Gasteiger partial charge is 0.318 e. The van der Waals surface area contributed by atoms with Crippen molar-refractivity contribution in [2.75, 3.05) is 20.7 Å². The molecule has 0 rings (SSSR count). The van der Waals surface area contributed by atoms with Gasteiger partial charge >= 0.3 is 9.28 Å². The fourth-order valence-electron chi connectivity index (χ4n) is 0.571. The zero-order chi connectivity index (χ0) is 7.11. The first kappa shape index (κ1) is 9.10.